The van der Waals surface area contributed by atoms with Crippen LogP contribution in [0.5, 0.6) is 0 Å². The number of ether oxygens (including phenoxy) is 1. The van der Waals surface area contributed by atoms with E-state index >= 15 is 0 Å². The van der Waals surface area contributed by atoms with Gasteiger partial charge in [0.05, 0.1) is 13.2 Å². The first kappa shape index (κ1) is 17.7. The fraction of sp³-hybridized carbons (Fsp3) is 0.615. The summed E-state index contributed by atoms with van der Waals surface area (Å²) in [6.45, 7) is 6.33. The fourth-order valence-corrected chi connectivity index (χ4v) is 3.28. The normalized spacial score (nSPS) is 13.5. The van der Waals surface area contributed by atoms with Crippen molar-refractivity contribution in [2.45, 2.75) is 38.7 Å². The summed E-state index contributed by atoms with van der Waals surface area (Å²) < 4.78 is 36.8. The third-order valence-electron chi connectivity index (χ3n) is 3.12. The second-order valence-corrected chi connectivity index (χ2v) is 6.78. The second-order valence-electron chi connectivity index (χ2n) is 5.07. The largest absolute Gasteiger partial charge is 0.465 e. The zero-order valence-corrected chi connectivity index (χ0v) is 13.6. The molecule has 0 saturated carbocycles. The number of nitrogens with one attached hydrogen (secondary N) is 1. The van der Waals surface area contributed by atoms with Crippen molar-refractivity contribution >= 4 is 16.0 Å². The fourth-order valence-electron chi connectivity index (χ4n) is 1.83. The van der Waals surface area contributed by atoms with Crippen LogP contribution in [0.4, 0.5) is 0 Å². The maximum Gasteiger partial charge on any atom is 0.342 e. The van der Waals surface area contributed by atoms with Crippen LogP contribution in [0.2, 0.25) is 0 Å². The van der Waals surface area contributed by atoms with Crippen molar-refractivity contribution in [1.82, 2.24) is 4.72 Å². The molecule has 2 N–H and O–H groups in total. The monoisotopic (exact) mass is 319 g/mol. The lowest BCUT2D eigenvalue weighted by Gasteiger charge is -2.15. The third-order valence-corrected chi connectivity index (χ3v) is 4.69. The molecule has 0 radical (unpaired) electrons. The summed E-state index contributed by atoms with van der Waals surface area (Å²) in [7, 11) is -2.83. The first-order chi connectivity index (χ1) is 9.61. The summed E-state index contributed by atoms with van der Waals surface area (Å²) in [4.78, 5) is 11.5. The van der Waals surface area contributed by atoms with Crippen LogP contribution in [-0.4, -0.2) is 39.3 Å². The standard InChI is InChI=1S/C13H21NO6S/c1-7(2)10(15)6-14-21(17,18)12-9(4)20-8(3)11(12)13(16)19-5/h7,10,14-15H,6H2,1-5H3. The van der Waals surface area contributed by atoms with Gasteiger partial charge in [-0.25, -0.2) is 17.9 Å². The predicted octanol–water partition coefficient (Wildman–Crippen LogP) is 0.978. The molecule has 1 heterocycles. The maximum absolute atomic E-state index is 12.3. The Labute approximate surface area is 124 Å². The van der Waals surface area contributed by atoms with E-state index in [9.17, 15) is 18.3 Å². The molecular formula is C13H21NO6S. The first-order valence-corrected chi connectivity index (χ1v) is 7.96. The Morgan fingerprint density at radius 1 is 1.33 bits per heavy atom. The van der Waals surface area contributed by atoms with Gasteiger partial charge in [0.25, 0.3) is 0 Å². The molecule has 1 aromatic heterocycles. The third kappa shape index (κ3) is 3.84. The summed E-state index contributed by atoms with van der Waals surface area (Å²) >= 11 is 0. The minimum Gasteiger partial charge on any atom is -0.465 e. The Bertz CT molecular complexity index is 617. The minimum atomic E-state index is -3.99. The smallest absolute Gasteiger partial charge is 0.342 e. The number of esters is 1. The Hall–Kier alpha value is -1.38. The Morgan fingerprint density at radius 3 is 2.38 bits per heavy atom. The van der Waals surface area contributed by atoms with Crippen LogP contribution >= 0.6 is 0 Å². The molecule has 0 spiro atoms. The van der Waals surface area contributed by atoms with Crippen LogP contribution in [0.25, 0.3) is 0 Å². The number of aliphatic hydroxyl groups is 1. The lowest BCUT2D eigenvalue weighted by molar-refractivity contribution is 0.0595. The van der Waals surface area contributed by atoms with E-state index in [0.717, 1.165) is 7.11 Å². The van der Waals surface area contributed by atoms with Crippen molar-refractivity contribution in [3.63, 3.8) is 0 Å². The molecule has 1 atom stereocenters. The quantitative estimate of drug-likeness (QED) is 0.757. The molecule has 1 rings (SSSR count). The molecule has 0 bridgehead atoms. The van der Waals surface area contributed by atoms with E-state index in [1.165, 1.54) is 13.8 Å². The maximum atomic E-state index is 12.3. The number of carbonyl (C=O) groups is 1. The van der Waals surface area contributed by atoms with Gasteiger partial charge >= 0.3 is 5.97 Å². The first-order valence-electron chi connectivity index (χ1n) is 6.47. The average molecular weight is 319 g/mol. The summed E-state index contributed by atoms with van der Waals surface area (Å²) in [6, 6.07) is 0. The van der Waals surface area contributed by atoms with Gasteiger partial charge in [-0.3, -0.25) is 0 Å². The van der Waals surface area contributed by atoms with Gasteiger partial charge in [-0.1, -0.05) is 13.8 Å². The number of methoxy groups -OCH3 is 1. The van der Waals surface area contributed by atoms with Crippen molar-refractivity contribution in [3.8, 4) is 0 Å². The highest BCUT2D eigenvalue weighted by molar-refractivity contribution is 7.89. The Kier molecular flexibility index (Phi) is 5.54. The van der Waals surface area contributed by atoms with Crippen molar-refractivity contribution < 1.29 is 27.5 Å². The van der Waals surface area contributed by atoms with Gasteiger partial charge in [-0.2, -0.15) is 0 Å². The van der Waals surface area contributed by atoms with E-state index in [4.69, 9.17) is 4.42 Å². The van der Waals surface area contributed by atoms with E-state index in [2.05, 4.69) is 9.46 Å². The van der Waals surface area contributed by atoms with Crippen LogP contribution < -0.4 is 4.72 Å². The van der Waals surface area contributed by atoms with Crippen LogP contribution in [0.3, 0.4) is 0 Å². The van der Waals surface area contributed by atoms with E-state index in [-0.39, 0.29) is 34.4 Å². The number of hydrogen-bond donors (Lipinski definition) is 2. The molecule has 0 aliphatic heterocycles. The second kappa shape index (κ2) is 6.59. The SMILES string of the molecule is COC(=O)c1c(C)oc(C)c1S(=O)(=O)NCC(O)C(C)C. The van der Waals surface area contributed by atoms with Gasteiger partial charge in [0.1, 0.15) is 22.0 Å². The number of carbonyl (C=O) groups excluding carboxylic acids is 1. The number of aryl methyl sites for hydroxylation is 2. The summed E-state index contributed by atoms with van der Waals surface area (Å²) in [5.74, 6) is -0.613. The topological polar surface area (TPSA) is 106 Å². The number of furan rings is 1. The molecule has 0 aliphatic rings. The zero-order chi connectivity index (χ0) is 16.4. The van der Waals surface area contributed by atoms with Gasteiger partial charge in [-0.15, -0.1) is 0 Å². The molecule has 0 aromatic carbocycles. The van der Waals surface area contributed by atoms with Crippen LogP contribution in [-0.2, 0) is 14.8 Å². The van der Waals surface area contributed by atoms with Crippen molar-refractivity contribution in [1.29, 1.82) is 0 Å². The Morgan fingerprint density at radius 2 is 1.90 bits per heavy atom. The molecule has 120 valence electrons. The molecular weight excluding hydrogens is 298 g/mol. The Balaban J connectivity index is 3.17. The average Bonchev–Trinajstić information content (AvgIpc) is 2.70. The van der Waals surface area contributed by atoms with Crippen molar-refractivity contribution in [2.24, 2.45) is 5.92 Å². The molecule has 0 saturated heterocycles. The van der Waals surface area contributed by atoms with Gasteiger partial charge in [0.2, 0.25) is 10.0 Å². The molecule has 21 heavy (non-hydrogen) atoms. The van der Waals surface area contributed by atoms with E-state index in [0.29, 0.717) is 0 Å². The molecule has 1 unspecified atom stereocenters. The highest BCUT2D eigenvalue weighted by atomic mass is 32.2. The van der Waals surface area contributed by atoms with Crippen molar-refractivity contribution in [3.05, 3.63) is 17.1 Å². The number of aliphatic hydroxyl groups excluding tert-OH is 1. The van der Waals surface area contributed by atoms with Crippen LogP contribution in [0.1, 0.15) is 35.7 Å². The van der Waals surface area contributed by atoms with Gasteiger partial charge in [-0.05, 0) is 19.8 Å². The lowest BCUT2D eigenvalue weighted by atomic mass is 10.1. The minimum absolute atomic E-state index is 0.0967. The predicted molar refractivity (Wildman–Crippen MR) is 75.6 cm³/mol. The van der Waals surface area contributed by atoms with Crippen LogP contribution in [0.15, 0.2) is 9.31 Å². The van der Waals surface area contributed by atoms with Gasteiger partial charge in [0.15, 0.2) is 0 Å². The zero-order valence-electron chi connectivity index (χ0n) is 12.8. The van der Waals surface area contributed by atoms with Gasteiger partial charge in [0, 0.05) is 6.54 Å². The lowest BCUT2D eigenvalue weighted by Crippen LogP contribution is -2.35. The summed E-state index contributed by atoms with van der Waals surface area (Å²) in [5.41, 5.74) is -0.124. The highest BCUT2D eigenvalue weighted by Crippen LogP contribution is 2.27. The molecule has 8 heteroatoms. The molecule has 1 aromatic rings. The number of hydrogen-bond acceptors (Lipinski definition) is 6. The van der Waals surface area contributed by atoms with E-state index in [1.54, 1.807) is 13.8 Å². The summed E-state index contributed by atoms with van der Waals surface area (Å²) in [6.07, 6.45) is -0.824. The van der Waals surface area contributed by atoms with Gasteiger partial charge < -0.3 is 14.3 Å². The molecule has 7 nitrogen and oxygen atoms in total. The van der Waals surface area contributed by atoms with Crippen LogP contribution in [0, 0.1) is 19.8 Å². The number of rotatable bonds is 6. The molecule has 0 aliphatic carbocycles. The number of sulfonamides is 1. The highest BCUT2D eigenvalue weighted by Gasteiger charge is 2.31. The molecule has 0 fully saturated rings. The van der Waals surface area contributed by atoms with Crippen molar-refractivity contribution in [2.75, 3.05) is 13.7 Å². The van der Waals surface area contributed by atoms with E-state index in [1.807, 2.05) is 0 Å². The summed E-state index contributed by atoms with van der Waals surface area (Å²) in [5, 5.41) is 9.69. The van der Waals surface area contributed by atoms with E-state index < -0.39 is 22.1 Å². The molecule has 0 amide bonds.